The van der Waals surface area contributed by atoms with Crippen LogP contribution in [0.1, 0.15) is 18.5 Å². The molecule has 0 bridgehead atoms. The van der Waals surface area contributed by atoms with Crippen molar-refractivity contribution < 1.29 is 4.74 Å². The Kier molecular flexibility index (Phi) is 4.02. The van der Waals surface area contributed by atoms with E-state index in [1.54, 1.807) is 0 Å². The Labute approximate surface area is 106 Å². The van der Waals surface area contributed by atoms with Crippen LogP contribution in [0.15, 0.2) is 0 Å². The molecule has 1 atom stereocenters. The molecule has 1 aromatic heterocycles. The molecule has 1 unspecified atom stereocenters. The predicted octanol–water partition coefficient (Wildman–Crippen LogP) is 1.86. The Morgan fingerprint density at radius 3 is 3.06 bits per heavy atom. The number of rotatable bonds is 4. The van der Waals surface area contributed by atoms with E-state index in [0.29, 0.717) is 23.1 Å². The van der Waals surface area contributed by atoms with Crippen LogP contribution in [0.4, 0.5) is 11.5 Å². The predicted molar refractivity (Wildman–Crippen MR) is 68.2 cm³/mol. The molecule has 0 saturated carbocycles. The summed E-state index contributed by atoms with van der Waals surface area (Å²) in [5.74, 6) is 1.27. The molecule has 0 radical (unpaired) electrons. The largest absolute Gasteiger partial charge is 0.394 e. The van der Waals surface area contributed by atoms with E-state index >= 15 is 0 Å². The Balaban J connectivity index is 1.89. The van der Waals surface area contributed by atoms with Crippen LogP contribution >= 0.6 is 11.6 Å². The van der Waals surface area contributed by atoms with Crippen LogP contribution in [0, 0.1) is 12.8 Å². The maximum absolute atomic E-state index is 5.87. The fraction of sp³-hybridized carbons (Fsp3) is 0.636. The number of aromatic nitrogens is 2. The first-order chi connectivity index (χ1) is 8.16. The molecule has 0 amide bonds. The second-order valence-electron chi connectivity index (χ2n) is 4.29. The second-order valence-corrected chi connectivity index (χ2v) is 4.62. The zero-order valence-electron chi connectivity index (χ0n) is 9.87. The third-order valence-electron chi connectivity index (χ3n) is 2.98. The molecule has 1 fully saturated rings. The molecule has 94 valence electrons. The van der Waals surface area contributed by atoms with Gasteiger partial charge in [0.25, 0.3) is 0 Å². The lowest BCUT2D eigenvalue weighted by Crippen LogP contribution is -2.12. The van der Waals surface area contributed by atoms with E-state index in [1.165, 1.54) is 0 Å². The van der Waals surface area contributed by atoms with Crippen molar-refractivity contribution in [2.75, 3.05) is 30.8 Å². The van der Waals surface area contributed by atoms with Crippen molar-refractivity contribution >= 4 is 23.1 Å². The van der Waals surface area contributed by atoms with Crippen molar-refractivity contribution in [1.29, 1.82) is 0 Å². The summed E-state index contributed by atoms with van der Waals surface area (Å²) in [4.78, 5) is 8.07. The first-order valence-electron chi connectivity index (χ1n) is 5.78. The van der Waals surface area contributed by atoms with Gasteiger partial charge in [-0.05, 0) is 37.3 Å². The number of ether oxygens (including phenoxy) is 1. The average molecular weight is 257 g/mol. The highest BCUT2D eigenvalue weighted by molar-refractivity contribution is 6.28. The Hall–Kier alpha value is -1.07. The van der Waals surface area contributed by atoms with Crippen LogP contribution in [0.5, 0.6) is 0 Å². The Morgan fingerprint density at radius 1 is 1.53 bits per heavy atom. The topological polar surface area (TPSA) is 73.1 Å². The third-order valence-corrected chi connectivity index (χ3v) is 3.15. The Bertz CT molecular complexity index is 393. The van der Waals surface area contributed by atoms with E-state index in [0.717, 1.165) is 32.6 Å². The van der Waals surface area contributed by atoms with Gasteiger partial charge in [-0.1, -0.05) is 0 Å². The molecular weight excluding hydrogens is 240 g/mol. The van der Waals surface area contributed by atoms with Crippen molar-refractivity contribution in [3.63, 3.8) is 0 Å². The lowest BCUT2D eigenvalue weighted by molar-refractivity contribution is 0.185. The number of nitrogen functional groups attached to an aromatic ring is 1. The Morgan fingerprint density at radius 2 is 2.35 bits per heavy atom. The quantitative estimate of drug-likeness (QED) is 0.805. The van der Waals surface area contributed by atoms with E-state index in [2.05, 4.69) is 15.3 Å². The van der Waals surface area contributed by atoms with Crippen molar-refractivity contribution in [2.24, 2.45) is 5.92 Å². The van der Waals surface area contributed by atoms with Gasteiger partial charge in [0.1, 0.15) is 0 Å². The number of nitrogens with one attached hydrogen (secondary N) is 1. The summed E-state index contributed by atoms with van der Waals surface area (Å²) in [6, 6.07) is 0. The van der Waals surface area contributed by atoms with Gasteiger partial charge >= 0.3 is 0 Å². The minimum Gasteiger partial charge on any atom is -0.394 e. The fourth-order valence-electron chi connectivity index (χ4n) is 1.89. The zero-order chi connectivity index (χ0) is 12.3. The molecular formula is C11H17ClN4O. The smallest absolute Gasteiger partial charge is 0.224 e. The normalized spacial score (nSPS) is 19.5. The van der Waals surface area contributed by atoms with E-state index in [1.807, 2.05) is 6.92 Å². The summed E-state index contributed by atoms with van der Waals surface area (Å²) in [5, 5.41) is 3.43. The lowest BCUT2D eigenvalue weighted by Gasteiger charge is -2.12. The molecule has 0 aromatic carbocycles. The van der Waals surface area contributed by atoms with Gasteiger partial charge in [-0.3, -0.25) is 0 Å². The average Bonchev–Trinajstić information content (AvgIpc) is 2.78. The fourth-order valence-corrected chi connectivity index (χ4v) is 2.10. The van der Waals surface area contributed by atoms with Crippen molar-refractivity contribution in [3.8, 4) is 0 Å². The van der Waals surface area contributed by atoms with E-state index < -0.39 is 0 Å². The first-order valence-corrected chi connectivity index (χ1v) is 6.16. The van der Waals surface area contributed by atoms with Gasteiger partial charge in [-0.25, -0.2) is 4.98 Å². The zero-order valence-corrected chi connectivity index (χ0v) is 10.6. The van der Waals surface area contributed by atoms with Gasteiger partial charge in [-0.2, -0.15) is 4.98 Å². The minimum atomic E-state index is 0.225. The highest BCUT2D eigenvalue weighted by Crippen LogP contribution is 2.21. The maximum Gasteiger partial charge on any atom is 0.224 e. The number of nitrogens with zero attached hydrogens (tertiary/aromatic N) is 2. The van der Waals surface area contributed by atoms with Gasteiger partial charge in [0, 0.05) is 19.8 Å². The number of halogens is 1. The lowest BCUT2D eigenvalue weighted by atomic mass is 10.1. The molecule has 2 heterocycles. The number of nitrogens with two attached hydrogens (primary N) is 1. The first kappa shape index (κ1) is 12.4. The van der Waals surface area contributed by atoms with Crippen LogP contribution in [0.2, 0.25) is 5.28 Å². The molecule has 1 aliphatic rings. The van der Waals surface area contributed by atoms with E-state index in [9.17, 15) is 0 Å². The van der Waals surface area contributed by atoms with Crippen LogP contribution < -0.4 is 11.1 Å². The second kappa shape index (κ2) is 5.51. The molecule has 0 spiro atoms. The molecule has 17 heavy (non-hydrogen) atoms. The monoisotopic (exact) mass is 256 g/mol. The van der Waals surface area contributed by atoms with Gasteiger partial charge in [0.05, 0.1) is 11.4 Å². The summed E-state index contributed by atoms with van der Waals surface area (Å²) in [5.41, 5.74) is 7.15. The summed E-state index contributed by atoms with van der Waals surface area (Å²) >= 11 is 5.79. The molecule has 1 saturated heterocycles. The molecule has 1 aliphatic heterocycles. The van der Waals surface area contributed by atoms with Crippen LogP contribution in [0.3, 0.4) is 0 Å². The van der Waals surface area contributed by atoms with Gasteiger partial charge in [0.15, 0.2) is 5.82 Å². The SMILES string of the molecule is Cc1nc(Cl)nc(NCCC2CCOC2)c1N. The summed E-state index contributed by atoms with van der Waals surface area (Å²) < 4.78 is 5.32. The van der Waals surface area contributed by atoms with Crippen LogP contribution in [0.25, 0.3) is 0 Å². The molecule has 0 aliphatic carbocycles. The van der Waals surface area contributed by atoms with Crippen LogP contribution in [-0.2, 0) is 4.74 Å². The number of anilines is 2. The highest BCUT2D eigenvalue weighted by Gasteiger charge is 2.15. The van der Waals surface area contributed by atoms with Gasteiger partial charge in [-0.15, -0.1) is 0 Å². The third kappa shape index (κ3) is 3.20. The maximum atomic E-state index is 5.87. The van der Waals surface area contributed by atoms with Crippen molar-refractivity contribution in [1.82, 2.24) is 9.97 Å². The molecule has 1 aromatic rings. The van der Waals surface area contributed by atoms with Gasteiger partial charge in [0.2, 0.25) is 5.28 Å². The summed E-state index contributed by atoms with van der Waals surface area (Å²) in [6.07, 6.45) is 2.20. The molecule has 2 rings (SSSR count). The molecule has 5 nitrogen and oxygen atoms in total. The van der Waals surface area contributed by atoms with Gasteiger partial charge < -0.3 is 15.8 Å². The van der Waals surface area contributed by atoms with E-state index in [-0.39, 0.29) is 5.28 Å². The van der Waals surface area contributed by atoms with Crippen LogP contribution in [-0.4, -0.2) is 29.7 Å². The standard InChI is InChI=1S/C11H17ClN4O/c1-7-9(13)10(16-11(12)15-7)14-4-2-8-3-5-17-6-8/h8H,2-6,13H2,1H3,(H,14,15,16). The highest BCUT2D eigenvalue weighted by atomic mass is 35.5. The number of hydrogen-bond donors (Lipinski definition) is 2. The molecule has 3 N–H and O–H groups in total. The van der Waals surface area contributed by atoms with E-state index in [4.69, 9.17) is 22.1 Å². The van der Waals surface area contributed by atoms with Crippen molar-refractivity contribution in [2.45, 2.75) is 19.8 Å². The summed E-state index contributed by atoms with van der Waals surface area (Å²) in [6.45, 7) is 4.38. The van der Waals surface area contributed by atoms with Crippen molar-refractivity contribution in [3.05, 3.63) is 11.0 Å². The minimum absolute atomic E-state index is 0.225. The molecule has 6 heteroatoms. The number of hydrogen-bond acceptors (Lipinski definition) is 5. The number of aryl methyl sites for hydroxylation is 1. The summed E-state index contributed by atoms with van der Waals surface area (Å²) in [7, 11) is 0.